The summed E-state index contributed by atoms with van der Waals surface area (Å²) in [4.78, 5) is 10.5. The van der Waals surface area contributed by atoms with Gasteiger partial charge in [-0.2, -0.15) is 0 Å². The van der Waals surface area contributed by atoms with Gasteiger partial charge in [-0.05, 0) is 24.1 Å². The van der Waals surface area contributed by atoms with Crippen molar-refractivity contribution in [3.8, 4) is 5.75 Å². The molecule has 88 valence electrons. The fraction of sp³-hybridized carbons (Fsp3) is 0.364. The Kier molecular flexibility index (Phi) is 4.75. The molecule has 0 spiro atoms. The van der Waals surface area contributed by atoms with Gasteiger partial charge in [-0.3, -0.25) is 4.79 Å². The van der Waals surface area contributed by atoms with Gasteiger partial charge in [-0.15, -0.1) is 0 Å². The van der Waals surface area contributed by atoms with Gasteiger partial charge in [0.2, 0.25) is 0 Å². The predicted octanol–water partition coefficient (Wildman–Crippen LogP) is 0.624. The number of benzene rings is 1. The lowest BCUT2D eigenvalue weighted by atomic mass is 10.1. The van der Waals surface area contributed by atoms with Gasteiger partial charge >= 0.3 is 5.97 Å². The Bertz CT molecular complexity index is 336. The van der Waals surface area contributed by atoms with Crippen LogP contribution in [-0.4, -0.2) is 31.0 Å². The molecule has 0 saturated carbocycles. The first kappa shape index (κ1) is 12.5. The number of methoxy groups -OCH3 is 1. The smallest absolute Gasteiger partial charge is 0.320 e. The first-order chi connectivity index (χ1) is 7.63. The summed E-state index contributed by atoms with van der Waals surface area (Å²) in [6, 6.07) is 6.21. The molecule has 1 atom stereocenters. The zero-order valence-electron chi connectivity index (χ0n) is 9.05. The maximum Gasteiger partial charge on any atom is 0.320 e. The van der Waals surface area contributed by atoms with Gasteiger partial charge in [0.15, 0.2) is 6.79 Å². The Morgan fingerprint density at radius 1 is 1.44 bits per heavy atom. The third-order valence-electron chi connectivity index (χ3n) is 2.04. The number of carbonyl (C=O) groups is 1. The van der Waals surface area contributed by atoms with E-state index in [1.165, 1.54) is 0 Å². The van der Waals surface area contributed by atoms with Crippen LogP contribution in [-0.2, 0) is 16.0 Å². The van der Waals surface area contributed by atoms with E-state index in [-0.39, 0.29) is 6.79 Å². The molecule has 0 heterocycles. The SMILES string of the molecule is COCOc1ccc(C[C@@H](N)C(=O)O)cc1. The van der Waals surface area contributed by atoms with Gasteiger partial charge in [-0.25, -0.2) is 0 Å². The summed E-state index contributed by atoms with van der Waals surface area (Å²) >= 11 is 0. The van der Waals surface area contributed by atoms with Gasteiger partial charge in [0.05, 0.1) is 0 Å². The van der Waals surface area contributed by atoms with E-state index in [1.807, 2.05) is 0 Å². The highest BCUT2D eigenvalue weighted by Crippen LogP contribution is 2.13. The van der Waals surface area contributed by atoms with Crippen molar-refractivity contribution in [3.05, 3.63) is 29.8 Å². The van der Waals surface area contributed by atoms with E-state index >= 15 is 0 Å². The van der Waals surface area contributed by atoms with Crippen LogP contribution in [0, 0.1) is 0 Å². The first-order valence-corrected chi connectivity index (χ1v) is 4.82. The Labute approximate surface area is 93.8 Å². The van der Waals surface area contributed by atoms with Crippen molar-refractivity contribution in [3.63, 3.8) is 0 Å². The molecule has 5 nitrogen and oxygen atoms in total. The molecule has 0 bridgehead atoms. The van der Waals surface area contributed by atoms with Gasteiger partial charge in [0.25, 0.3) is 0 Å². The lowest BCUT2D eigenvalue weighted by molar-refractivity contribution is -0.138. The third kappa shape index (κ3) is 3.88. The second kappa shape index (κ2) is 6.09. The molecule has 0 fully saturated rings. The van der Waals surface area contributed by atoms with E-state index < -0.39 is 12.0 Å². The Morgan fingerprint density at radius 2 is 2.06 bits per heavy atom. The van der Waals surface area contributed by atoms with Crippen LogP contribution in [0.2, 0.25) is 0 Å². The topological polar surface area (TPSA) is 81.8 Å². The molecule has 0 radical (unpaired) electrons. The zero-order chi connectivity index (χ0) is 12.0. The number of aliphatic carboxylic acids is 1. The van der Waals surface area contributed by atoms with Crippen molar-refractivity contribution in [2.45, 2.75) is 12.5 Å². The fourth-order valence-electron chi connectivity index (χ4n) is 1.19. The van der Waals surface area contributed by atoms with E-state index in [1.54, 1.807) is 31.4 Å². The van der Waals surface area contributed by atoms with E-state index in [0.717, 1.165) is 5.56 Å². The molecule has 0 amide bonds. The van der Waals surface area contributed by atoms with Crippen LogP contribution in [0.4, 0.5) is 0 Å². The van der Waals surface area contributed by atoms with Crippen LogP contribution in [0.25, 0.3) is 0 Å². The van der Waals surface area contributed by atoms with Crippen LogP contribution in [0.15, 0.2) is 24.3 Å². The molecule has 16 heavy (non-hydrogen) atoms. The maximum atomic E-state index is 10.5. The number of hydrogen-bond acceptors (Lipinski definition) is 4. The normalized spacial score (nSPS) is 12.1. The van der Waals surface area contributed by atoms with E-state index in [9.17, 15) is 4.79 Å². The minimum Gasteiger partial charge on any atom is -0.480 e. The van der Waals surface area contributed by atoms with Crippen molar-refractivity contribution in [2.24, 2.45) is 5.73 Å². The summed E-state index contributed by atoms with van der Waals surface area (Å²) in [7, 11) is 1.54. The Balaban J connectivity index is 2.54. The molecule has 0 saturated heterocycles. The monoisotopic (exact) mass is 225 g/mol. The summed E-state index contributed by atoms with van der Waals surface area (Å²) in [5.74, 6) is -0.325. The van der Waals surface area contributed by atoms with Crippen LogP contribution >= 0.6 is 0 Å². The Hall–Kier alpha value is -1.59. The highest BCUT2D eigenvalue weighted by atomic mass is 16.7. The average molecular weight is 225 g/mol. The molecule has 1 rings (SSSR count). The third-order valence-corrected chi connectivity index (χ3v) is 2.04. The van der Waals surface area contributed by atoms with E-state index in [0.29, 0.717) is 12.2 Å². The molecule has 3 N–H and O–H groups in total. The van der Waals surface area contributed by atoms with Crippen LogP contribution in [0.1, 0.15) is 5.56 Å². The number of carboxylic acid groups (broad SMARTS) is 1. The first-order valence-electron chi connectivity index (χ1n) is 4.82. The number of hydrogen-bond donors (Lipinski definition) is 2. The molecular weight excluding hydrogens is 210 g/mol. The number of rotatable bonds is 6. The van der Waals surface area contributed by atoms with Gasteiger partial charge in [0, 0.05) is 7.11 Å². The molecular formula is C11H15NO4. The molecule has 0 unspecified atom stereocenters. The fourth-order valence-corrected chi connectivity index (χ4v) is 1.19. The van der Waals surface area contributed by atoms with E-state index in [4.69, 9.17) is 20.3 Å². The molecule has 0 aliphatic carbocycles. The minimum atomic E-state index is -1.00. The van der Waals surface area contributed by atoms with E-state index in [2.05, 4.69) is 0 Å². The molecule has 0 aromatic heterocycles. The minimum absolute atomic E-state index is 0.188. The maximum absolute atomic E-state index is 10.5. The summed E-state index contributed by atoms with van der Waals surface area (Å²) < 4.78 is 9.94. The highest BCUT2D eigenvalue weighted by Gasteiger charge is 2.11. The van der Waals surface area contributed by atoms with Crippen LogP contribution in [0.5, 0.6) is 5.75 Å². The summed E-state index contributed by atoms with van der Waals surface area (Å²) in [6.07, 6.45) is 0.305. The van der Waals surface area contributed by atoms with Crippen molar-refractivity contribution in [2.75, 3.05) is 13.9 Å². The molecule has 0 aliphatic heterocycles. The quantitative estimate of drug-likeness (QED) is 0.694. The van der Waals surface area contributed by atoms with Gasteiger partial charge in [-0.1, -0.05) is 12.1 Å². The largest absolute Gasteiger partial charge is 0.480 e. The van der Waals surface area contributed by atoms with Gasteiger partial charge < -0.3 is 20.3 Å². The van der Waals surface area contributed by atoms with Crippen molar-refractivity contribution < 1.29 is 19.4 Å². The Morgan fingerprint density at radius 3 is 2.56 bits per heavy atom. The highest BCUT2D eigenvalue weighted by molar-refractivity contribution is 5.73. The average Bonchev–Trinajstić information content (AvgIpc) is 2.28. The predicted molar refractivity (Wildman–Crippen MR) is 58.3 cm³/mol. The van der Waals surface area contributed by atoms with Gasteiger partial charge in [0.1, 0.15) is 11.8 Å². The summed E-state index contributed by atoms with van der Waals surface area (Å²) in [5, 5.41) is 8.65. The molecule has 5 heteroatoms. The second-order valence-corrected chi connectivity index (χ2v) is 3.34. The summed E-state index contributed by atoms with van der Waals surface area (Å²) in [6.45, 7) is 0.188. The zero-order valence-corrected chi connectivity index (χ0v) is 9.05. The molecule has 0 aliphatic rings. The van der Waals surface area contributed by atoms with Crippen molar-refractivity contribution in [1.82, 2.24) is 0 Å². The lowest BCUT2D eigenvalue weighted by Gasteiger charge is -2.08. The van der Waals surface area contributed by atoms with Crippen LogP contribution < -0.4 is 10.5 Å². The summed E-state index contributed by atoms with van der Waals surface area (Å²) in [5.41, 5.74) is 6.28. The molecule has 1 aromatic rings. The van der Waals surface area contributed by atoms with Crippen molar-refractivity contribution in [1.29, 1.82) is 0 Å². The molecule has 1 aromatic carbocycles. The lowest BCUT2D eigenvalue weighted by Crippen LogP contribution is -2.32. The number of ether oxygens (including phenoxy) is 2. The van der Waals surface area contributed by atoms with Crippen molar-refractivity contribution >= 4 is 5.97 Å². The number of nitrogens with two attached hydrogens (primary N) is 1. The number of carboxylic acids is 1. The van der Waals surface area contributed by atoms with Crippen LogP contribution in [0.3, 0.4) is 0 Å². The standard InChI is InChI=1S/C11H15NO4/c1-15-7-16-9-4-2-8(3-5-9)6-10(12)11(13)14/h2-5,10H,6-7,12H2,1H3,(H,13,14)/t10-/m1/s1. The second-order valence-electron chi connectivity index (χ2n) is 3.34.